The molecule has 0 aliphatic heterocycles. The molecule has 0 N–H and O–H groups in total. The lowest BCUT2D eigenvalue weighted by Gasteiger charge is -2.12. The van der Waals surface area contributed by atoms with Crippen molar-refractivity contribution in [3.63, 3.8) is 0 Å². The van der Waals surface area contributed by atoms with Crippen LogP contribution in [0.2, 0.25) is 5.15 Å². The van der Waals surface area contributed by atoms with Crippen LogP contribution in [0.15, 0.2) is 54.9 Å². The maximum absolute atomic E-state index is 13.8. The van der Waals surface area contributed by atoms with Gasteiger partial charge in [-0.2, -0.15) is 0 Å². The number of pyridine rings is 2. The number of fused-ring (bicyclic) bond motifs is 2. The number of hydrogen-bond donors (Lipinski definition) is 0. The van der Waals surface area contributed by atoms with E-state index in [1.165, 1.54) is 11.6 Å². The first-order valence-corrected chi connectivity index (χ1v) is 10.8. The Bertz CT molecular complexity index is 1140. The van der Waals surface area contributed by atoms with Gasteiger partial charge < -0.3 is 0 Å². The number of halogens is 2. The van der Waals surface area contributed by atoms with Gasteiger partial charge in [0.2, 0.25) is 0 Å². The van der Waals surface area contributed by atoms with E-state index in [1.807, 2.05) is 12.1 Å². The number of Topliss-reactive ketones (excluding diaryl/α,β-unsaturated/α-hetero) is 1. The molecule has 0 radical (unpaired) electrons. The molecule has 1 fully saturated rings. The van der Waals surface area contributed by atoms with E-state index in [9.17, 15) is 9.18 Å². The molecule has 3 aromatic rings. The first kappa shape index (κ1) is 19.4. The maximum atomic E-state index is 13.8. The van der Waals surface area contributed by atoms with Crippen molar-refractivity contribution in [2.45, 2.75) is 32.1 Å². The zero-order valence-corrected chi connectivity index (χ0v) is 17.3. The Hall–Kier alpha value is -2.59. The van der Waals surface area contributed by atoms with E-state index >= 15 is 0 Å². The second-order valence-corrected chi connectivity index (χ2v) is 8.97. The Labute approximate surface area is 180 Å². The number of carbonyl (C=O) groups excluding carboxylic acids is 1. The van der Waals surface area contributed by atoms with Crippen molar-refractivity contribution in [1.29, 1.82) is 0 Å². The van der Waals surface area contributed by atoms with E-state index in [4.69, 9.17) is 11.6 Å². The van der Waals surface area contributed by atoms with Crippen LogP contribution in [0.25, 0.3) is 16.5 Å². The Balaban J connectivity index is 1.26. The van der Waals surface area contributed by atoms with E-state index in [0.29, 0.717) is 35.7 Å². The highest BCUT2D eigenvalue weighted by Gasteiger charge is 2.38. The highest BCUT2D eigenvalue weighted by molar-refractivity contribution is 6.29. The number of rotatable bonds is 5. The number of carbonyl (C=O) groups is 1. The van der Waals surface area contributed by atoms with Crippen LogP contribution in [0, 0.1) is 23.6 Å². The number of hydrogen-bond acceptors (Lipinski definition) is 3. The summed E-state index contributed by atoms with van der Waals surface area (Å²) in [6, 6.07) is 10.4. The maximum Gasteiger partial charge on any atom is 0.137 e. The average molecular weight is 421 g/mol. The minimum Gasteiger partial charge on any atom is -0.299 e. The summed E-state index contributed by atoms with van der Waals surface area (Å²) in [5, 5.41) is 1.33. The summed E-state index contributed by atoms with van der Waals surface area (Å²) in [5.41, 5.74) is 4.13. The van der Waals surface area contributed by atoms with E-state index in [1.54, 1.807) is 30.6 Å². The molecule has 0 saturated heterocycles. The fraction of sp³-hybridized carbons (Fsp3) is 0.320. The highest BCUT2D eigenvalue weighted by atomic mass is 35.5. The van der Waals surface area contributed by atoms with Gasteiger partial charge in [0.15, 0.2) is 0 Å². The van der Waals surface area contributed by atoms with Gasteiger partial charge in [0.1, 0.15) is 16.8 Å². The molecule has 2 aromatic heterocycles. The Morgan fingerprint density at radius 1 is 1.13 bits per heavy atom. The molecule has 0 unspecified atom stereocenters. The van der Waals surface area contributed by atoms with Crippen molar-refractivity contribution in [3.8, 4) is 0 Å². The Morgan fingerprint density at radius 2 is 2.03 bits per heavy atom. The van der Waals surface area contributed by atoms with Crippen LogP contribution in [0.1, 0.15) is 36.8 Å². The number of allylic oxidation sites excluding steroid dienone is 2. The summed E-state index contributed by atoms with van der Waals surface area (Å²) >= 11 is 5.81. The normalized spacial score (nSPS) is 22.9. The molecule has 0 spiro atoms. The molecular formula is C25H22ClFN2O. The molecule has 1 saturated carbocycles. The highest BCUT2D eigenvalue weighted by Crippen LogP contribution is 2.49. The SMILES string of the molecule is O=C(Cc1ccc(Cl)nc1)C[C@@H]1C[C@@H]2CC(c3ccnc4ccc(F)cc34)=C[C@@H]2C1. The summed E-state index contributed by atoms with van der Waals surface area (Å²) in [6.45, 7) is 0. The molecule has 0 amide bonds. The Kier molecular flexibility index (Phi) is 5.11. The van der Waals surface area contributed by atoms with E-state index in [0.717, 1.165) is 41.3 Å². The van der Waals surface area contributed by atoms with Gasteiger partial charge in [0.05, 0.1) is 5.52 Å². The minimum atomic E-state index is -0.231. The lowest BCUT2D eigenvalue weighted by Crippen LogP contribution is -2.09. The third kappa shape index (κ3) is 3.89. The molecular weight excluding hydrogens is 399 g/mol. The van der Waals surface area contributed by atoms with E-state index in [2.05, 4.69) is 16.0 Å². The third-order valence-corrected chi connectivity index (χ3v) is 6.72. The van der Waals surface area contributed by atoms with Gasteiger partial charge in [-0.25, -0.2) is 9.37 Å². The molecule has 0 bridgehead atoms. The zero-order valence-electron chi connectivity index (χ0n) is 16.5. The van der Waals surface area contributed by atoms with Gasteiger partial charge in [-0.1, -0.05) is 23.7 Å². The minimum absolute atomic E-state index is 0.231. The van der Waals surface area contributed by atoms with Crippen LogP contribution in [0.5, 0.6) is 0 Å². The van der Waals surface area contributed by atoms with Crippen molar-refractivity contribution in [2.75, 3.05) is 0 Å². The molecule has 30 heavy (non-hydrogen) atoms. The number of aromatic nitrogens is 2. The second-order valence-electron chi connectivity index (χ2n) is 8.59. The fourth-order valence-corrected chi connectivity index (χ4v) is 5.33. The quantitative estimate of drug-likeness (QED) is 0.471. The van der Waals surface area contributed by atoms with Crippen molar-refractivity contribution >= 4 is 33.9 Å². The zero-order chi connectivity index (χ0) is 20.7. The standard InChI is InChI=1S/C25H22ClFN2O/c26-25-4-1-15(14-29-25)9-21(30)10-16-7-17-11-19(12-18(17)8-16)22-5-6-28-24-3-2-20(27)13-23(22)24/h1-6,11,13-14,16-18H,7-10,12H2/t16-,17-,18+/m0/s1. The molecule has 2 aliphatic carbocycles. The molecule has 1 aromatic carbocycles. The van der Waals surface area contributed by atoms with Crippen LogP contribution in [-0.2, 0) is 11.2 Å². The Morgan fingerprint density at radius 3 is 2.83 bits per heavy atom. The lowest BCUT2D eigenvalue weighted by molar-refractivity contribution is -0.119. The van der Waals surface area contributed by atoms with Crippen LogP contribution in [0.3, 0.4) is 0 Å². The van der Waals surface area contributed by atoms with E-state index in [-0.39, 0.29) is 11.6 Å². The summed E-state index contributed by atoms with van der Waals surface area (Å²) in [4.78, 5) is 20.9. The number of ketones is 1. The fourth-order valence-electron chi connectivity index (χ4n) is 5.22. The van der Waals surface area contributed by atoms with Gasteiger partial charge in [-0.3, -0.25) is 9.78 Å². The van der Waals surface area contributed by atoms with Crippen LogP contribution >= 0.6 is 11.6 Å². The second kappa shape index (κ2) is 7.92. The molecule has 3 nitrogen and oxygen atoms in total. The summed E-state index contributed by atoms with van der Waals surface area (Å²) in [6.07, 6.45) is 10.0. The van der Waals surface area contributed by atoms with Crippen molar-refractivity contribution in [1.82, 2.24) is 9.97 Å². The molecule has 2 aliphatic rings. The lowest BCUT2D eigenvalue weighted by atomic mass is 9.93. The topological polar surface area (TPSA) is 42.9 Å². The summed E-state index contributed by atoms with van der Waals surface area (Å²) < 4.78 is 13.8. The van der Waals surface area contributed by atoms with Gasteiger partial charge in [-0.05, 0) is 84.0 Å². The van der Waals surface area contributed by atoms with Crippen molar-refractivity contribution in [3.05, 3.63) is 77.0 Å². The van der Waals surface area contributed by atoms with Gasteiger partial charge >= 0.3 is 0 Å². The predicted molar refractivity (Wildman–Crippen MR) is 117 cm³/mol. The summed E-state index contributed by atoms with van der Waals surface area (Å²) in [7, 11) is 0. The van der Waals surface area contributed by atoms with Gasteiger partial charge in [-0.15, -0.1) is 0 Å². The number of benzene rings is 1. The van der Waals surface area contributed by atoms with Crippen LogP contribution in [-0.4, -0.2) is 15.8 Å². The molecule has 5 heteroatoms. The van der Waals surface area contributed by atoms with Gasteiger partial charge in [0, 0.05) is 30.6 Å². The van der Waals surface area contributed by atoms with E-state index < -0.39 is 0 Å². The monoisotopic (exact) mass is 420 g/mol. The van der Waals surface area contributed by atoms with Crippen LogP contribution < -0.4 is 0 Å². The van der Waals surface area contributed by atoms with Gasteiger partial charge in [0.25, 0.3) is 0 Å². The summed E-state index contributed by atoms with van der Waals surface area (Å²) in [5.74, 6) is 1.56. The smallest absolute Gasteiger partial charge is 0.137 e. The number of nitrogens with zero attached hydrogens (tertiary/aromatic N) is 2. The third-order valence-electron chi connectivity index (χ3n) is 6.50. The molecule has 3 atom stereocenters. The van der Waals surface area contributed by atoms with Crippen molar-refractivity contribution < 1.29 is 9.18 Å². The largest absolute Gasteiger partial charge is 0.299 e. The first-order chi connectivity index (χ1) is 14.5. The first-order valence-electron chi connectivity index (χ1n) is 10.4. The molecule has 5 rings (SSSR count). The molecule has 152 valence electrons. The molecule has 2 heterocycles. The van der Waals surface area contributed by atoms with Crippen LogP contribution in [0.4, 0.5) is 4.39 Å². The average Bonchev–Trinajstić information content (AvgIpc) is 3.27. The predicted octanol–water partition coefficient (Wildman–Crippen LogP) is 6.05. The van der Waals surface area contributed by atoms with Crippen molar-refractivity contribution in [2.24, 2.45) is 17.8 Å².